The molecule has 0 unspecified atom stereocenters. The van der Waals surface area contributed by atoms with E-state index in [0.29, 0.717) is 18.7 Å². The molecule has 2 aromatic carbocycles. The summed E-state index contributed by atoms with van der Waals surface area (Å²) in [5.74, 6) is -0.706. The molecule has 1 aromatic heterocycles. The number of nitrogens with zero attached hydrogens (tertiary/aromatic N) is 3. The number of aliphatic hydroxyl groups is 1. The fraction of sp³-hybridized carbons (Fsp3) is 0.357. The van der Waals surface area contributed by atoms with Crippen molar-refractivity contribution in [2.45, 2.75) is 38.1 Å². The maximum absolute atomic E-state index is 14.1. The minimum atomic E-state index is -0.912. The number of benzene rings is 2. The quantitative estimate of drug-likeness (QED) is 0.519. The Morgan fingerprint density at radius 1 is 1.09 bits per heavy atom. The zero-order valence-electron chi connectivity index (χ0n) is 20.0. The number of ether oxygens (including phenoxy) is 1. The Balaban J connectivity index is 1.68. The van der Waals surface area contributed by atoms with E-state index in [4.69, 9.17) is 4.74 Å². The first-order valence-electron chi connectivity index (χ1n) is 11.9. The second-order valence-corrected chi connectivity index (χ2v) is 8.94. The number of pyridine rings is 1. The van der Waals surface area contributed by atoms with Gasteiger partial charge in [0.15, 0.2) is 6.23 Å². The molecule has 0 radical (unpaired) electrons. The van der Waals surface area contributed by atoms with E-state index in [-0.39, 0.29) is 11.9 Å². The molecule has 0 spiro atoms. The maximum atomic E-state index is 14.1. The third-order valence-corrected chi connectivity index (χ3v) is 6.43. The van der Waals surface area contributed by atoms with Gasteiger partial charge in [-0.3, -0.25) is 9.78 Å². The second-order valence-electron chi connectivity index (χ2n) is 8.94. The van der Waals surface area contributed by atoms with Gasteiger partial charge < -0.3 is 19.6 Å². The Hall–Kier alpha value is -3.22. The molecule has 6 nitrogen and oxygen atoms in total. The monoisotopic (exact) mass is 459 g/mol. The van der Waals surface area contributed by atoms with Gasteiger partial charge in [0, 0.05) is 26.0 Å². The predicted octanol–water partition coefficient (Wildman–Crippen LogP) is 4.90. The van der Waals surface area contributed by atoms with Crippen LogP contribution in [0.15, 0.2) is 79.0 Å². The van der Waals surface area contributed by atoms with Crippen LogP contribution in [0.5, 0.6) is 0 Å². The minimum absolute atomic E-state index is 0.118. The minimum Gasteiger partial charge on any atom is -0.388 e. The molecule has 1 aliphatic heterocycles. The van der Waals surface area contributed by atoms with E-state index >= 15 is 0 Å². The number of hydrogen-bond donors (Lipinski definition) is 1. The first kappa shape index (κ1) is 23.9. The van der Waals surface area contributed by atoms with Crippen molar-refractivity contribution in [3.05, 3.63) is 95.8 Å². The highest BCUT2D eigenvalue weighted by molar-refractivity contribution is 5.81. The zero-order chi connectivity index (χ0) is 24.1. The van der Waals surface area contributed by atoms with Crippen LogP contribution in [0.1, 0.15) is 55.0 Å². The highest BCUT2D eigenvalue weighted by atomic mass is 16.5. The lowest BCUT2D eigenvalue weighted by Gasteiger charge is -2.33. The SMILES string of the molecule is CCC[C@@H](C(=O)N1[C@@H](c2ccccn2)OC[C@H]1c1ccccc1)[C@@H](O)c1ccc(N(C)C)cc1. The molecular weight excluding hydrogens is 426 g/mol. The summed E-state index contributed by atoms with van der Waals surface area (Å²) in [6.07, 6.45) is 1.55. The van der Waals surface area contributed by atoms with Gasteiger partial charge in [-0.05, 0) is 41.8 Å². The van der Waals surface area contributed by atoms with E-state index in [1.165, 1.54) is 0 Å². The van der Waals surface area contributed by atoms with Crippen LogP contribution in [-0.2, 0) is 9.53 Å². The van der Waals surface area contributed by atoms with Crippen LogP contribution in [0.2, 0.25) is 0 Å². The molecule has 0 saturated carbocycles. The number of hydrogen-bond acceptors (Lipinski definition) is 5. The van der Waals surface area contributed by atoms with Crippen molar-refractivity contribution in [3.8, 4) is 0 Å². The molecule has 3 aromatic rings. The van der Waals surface area contributed by atoms with Crippen LogP contribution in [0.4, 0.5) is 5.69 Å². The van der Waals surface area contributed by atoms with Gasteiger partial charge in [-0.15, -0.1) is 0 Å². The lowest BCUT2D eigenvalue weighted by Crippen LogP contribution is -2.40. The fourth-order valence-electron chi connectivity index (χ4n) is 4.58. The summed E-state index contributed by atoms with van der Waals surface area (Å²) in [5, 5.41) is 11.4. The van der Waals surface area contributed by atoms with Crippen molar-refractivity contribution in [2.75, 3.05) is 25.6 Å². The molecule has 0 aliphatic carbocycles. The summed E-state index contributed by atoms with van der Waals surface area (Å²) < 4.78 is 6.15. The molecular formula is C28H33N3O3. The summed E-state index contributed by atoms with van der Waals surface area (Å²) in [7, 11) is 3.95. The molecule has 34 heavy (non-hydrogen) atoms. The first-order chi connectivity index (χ1) is 16.5. The topological polar surface area (TPSA) is 65.9 Å². The van der Waals surface area contributed by atoms with E-state index < -0.39 is 18.2 Å². The van der Waals surface area contributed by atoms with Crippen molar-refractivity contribution in [2.24, 2.45) is 5.92 Å². The third-order valence-electron chi connectivity index (χ3n) is 6.43. The largest absolute Gasteiger partial charge is 0.388 e. The van der Waals surface area contributed by atoms with Gasteiger partial charge >= 0.3 is 0 Å². The lowest BCUT2D eigenvalue weighted by atomic mass is 9.89. The maximum Gasteiger partial charge on any atom is 0.231 e. The number of carbonyl (C=O) groups excluding carboxylic acids is 1. The highest BCUT2D eigenvalue weighted by Gasteiger charge is 2.44. The number of aromatic nitrogens is 1. The van der Waals surface area contributed by atoms with E-state index in [1.54, 1.807) is 11.1 Å². The summed E-state index contributed by atoms with van der Waals surface area (Å²) in [5.41, 5.74) is 3.48. The number of rotatable bonds is 8. The van der Waals surface area contributed by atoms with Gasteiger partial charge in [0.05, 0.1) is 30.4 Å². The summed E-state index contributed by atoms with van der Waals surface area (Å²) in [6.45, 7) is 2.41. The normalized spacial score (nSPS) is 19.6. The Kier molecular flexibility index (Phi) is 7.60. The predicted molar refractivity (Wildman–Crippen MR) is 133 cm³/mol. The van der Waals surface area contributed by atoms with Gasteiger partial charge in [-0.25, -0.2) is 0 Å². The van der Waals surface area contributed by atoms with Crippen LogP contribution in [-0.4, -0.2) is 41.6 Å². The molecule has 1 fully saturated rings. The number of amides is 1. The molecule has 1 saturated heterocycles. The molecule has 2 heterocycles. The van der Waals surface area contributed by atoms with Crippen molar-refractivity contribution in [3.63, 3.8) is 0 Å². The molecule has 1 N–H and O–H groups in total. The van der Waals surface area contributed by atoms with Crippen molar-refractivity contribution >= 4 is 11.6 Å². The fourth-order valence-corrected chi connectivity index (χ4v) is 4.58. The van der Waals surface area contributed by atoms with Crippen LogP contribution in [0.25, 0.3) is 0 Å². The van der Waals surface area contributed by atoms with Crippen LogP contribution in [0, 0.1) is 5.92 Å². The molecule has 4 rings (SSSR count). The number of aliphatic hydroxyl groups excluding tert-OH is 1. The average Bonchev–Trinajstić information content (AvgIpc) is 3.33. The van der Waals surface area contributed by atoms with Crippen molar-refractivity contribution in [1.82, 2.24) is 9.88 Å². The Bertz CT molecular complexity index is 1010. The van der Waals surface area contributed by atoms with Gasteiger partial charge in [0.1, 0.15) is 0 Å². The molecule has 1 amide bonds. The Morgan fingerprint density at radius 2 is 1.79 bits per heavy atom. The summed E-state index contributed by atoms with van der Waals surface area (Å²) in [4.78, 5) is 22.4. The third kappa shape index (κ3) is 4.98. The van der Waals surface area contributed by atoms with E-state index in [0.717, 1.165) is 23.2 Å². The van der Waals surface area contributed by atoms with Gasteiger partial charge in [-0.2, -0.15) is 0 Å². The Labute approximate surface area is 201 Å². The number of anilines is 1. The zero-order valence-corrected chi connectivity index (χ0v) is 20.0. The highest BCUT2D eigenvalue weighted by Crippen LogP contribution is 2.41. The lowest BCUT2D eigenvalue weighted by molar-refractivity contribution is -0.147. The summed E-state index contributed by atoms with van der Waals surface area (Å²) in [6, 6.07) is 23.0. The first-order valence-corrected chi connectivity index (χ1v) is 11.9. The van der Waals surface area contributed by atoms with Gasteiger partial charge in [0.2, 0.25) is 5.91 Å². The average molecular weight is 460 g/mol. The van der Waals surface area contributed by atoms with E-state index in [2.05, 4.69) is 4.98 Å². The van der Waals surface area contributed by atoms with Gasteiger partial charge in [0.25, 0.3) is 0 Å². The van der Waals surface area contributed by atoms with E-state index in [9.17, 15) is 9.90 Å². The molecule has 1 aliphatic rings. The van der Waals surface area contributed by atoms with Crippen LogP contribution < -0.4 is 4.90 Å². The van der Waals surface area contributed by atoms with E-state index in [1.807, 2.05) is 98.7 Å². The molecule has 178 valence electrons. The molecule has 4 atom stereocenters. The second kappa shape index (κ2) is 10.8. The molecule has 0 bridgehead atoms. The van der Waals surface area contributed by atoms with Crippen molar-refractivity contribution in [1.29, 1.82) is 0 Å². The van der Waals surface area contributed by atoms with Crippen molar-refractivity contribution < 1.29 is 14.6 Å². The van der Waals surface area contributed by atoms with Gasteiger partial charge in [-0.1, -0.05) is 61.9 Å². The van der Waals surface area contributed by atoms with Crippen LogP contribution in [0.3, 0.4) is 0 Å². The molecule has 6 heteroatoms. The summed E-state index contributed by atoms with van der Waals surface area (Å²) >= 11 is 0. The number of carbonyl (C=O) groups is 1. The van der Waals surface area contributed by atoms with Crippen LogP contribution >= 0.6 is 0 Å². The Morgan fingerprint density at radius 3 is 2.41 bits per heavy atom. The smallest absolute Gasteiger partial charge is 0.231 e. The standard InChI is InChI=1S/C28H33N3O3/c1-4-10-23(26(32)21-14-16-22(17-15-21)30(2)3)27(33)31-25(20-11-6-5-7-12-20)19-34-28(31)24-13-8-9-18-29-24/h5-9,11-18,23,25-26,28,32H,4,10,19H2,1-3H3/t23-,25+,26+,28-/m1/s1.